The standard InChI is InChI=1S/C20H20O6/c1-3-25-19(20(22)23)11-14-7-9-16(10-8-14)26-13-18(21)15-5-4-6-17(12-15)24-2/h4-12H,3,13H2,1-2H3,(H,22,23)/b19-11-. The van der Waals surface area contributed by atoms with Gasteiger partial charge in [-0.25, -0.2) is 4.79 Å². The summed E-state index contributed by atoms with van der Waals surface area (Å²) >= 11 is 0. The summed E-state index contributed by atoms with van der Waals surface area (Å²) in [5, 5.41) is 9.05. The maximum atomic E-state index is 12.2. The van der Waals surface area contributed by atoms with Gasteiger partial charge in [0.05, 0.1) is 13.7 Å². The smallest absolute Gasteiger partial charge is 0.371 e. The number of rotatable bonds is 9. The first-order chi connectivity index (χ1) is 12.5. The highest BCUT2D eigenvalue weighted by atomic mass is 16.5. The van der Waals surface area contributed by atoms with Gasteiger partial charge in [0.1, 0.15) is 11.5 Å². The fraction of sp³-hybridized carbons (Fsp3) is 0.200. The number of ketones is 1. The molecule has 0 aliphatic carbocycles. The minimum absolute atomic E-state index is 0.109. The van der Waals surface area contributed by atoms with Crippen LogP contribution in [0.2, 0.25) is 0 Å². The number of carboxylic acid groups (broad SMARTS) is 1. The molecule has 0 heterocycles. The zero-order valence-corrected chi connectivity index (χ0v) is 14.6. The first kappa shape index (κ1) is 19.1. The van der Waals surface area contributed by atoms with E-state index in [-0.39, 0.29) is 24.8 Å². The molecule has 0 aliphatic rings. The van der Waals surface area contributed by atoms with Crippen LogP contribution < -0.4 is 9.47 Å². The second-order valence-corrected chi connectivity index (χ2v) is 5.26. The second-order valence-electron chi connectivity index (χ2n) is 5.26. The number of aliphatic carboxylic acids is 1. The molecule has 0 aromatic heterocycles. The van der Waals surface area contributed by atoms with Crippen LogP contribution in [0.1, 0.15) is 22.8 Å². The molecule has 6 heteroatoms. The van der Waals surface area contributed by atoms with Crippen LogP contribution in [0.25, 0.3) is 6.08 Å². The monoisotopic (exact) mass is 356 g/mol. The van der Waals surface area contributed by atoms with Gasteiger partial charge in [-0.3, -0.25) is 4.79 Å². The van der Waals surface area contributed by atoms with Crippen molar-refractivity contribution in [2.24, 2.45) is 0 Å². The minimum Gasteiger partial charge on any atom is -0.497 e. The Labute approximate surface area is 151 Å². The normalized spacial score (nSPS) is 10.9. The number of ether oxygens (including phenoxy) is 3. The average molecular weight is 356 g/mol. The van der Waals surface area contributed by atoms with E-state index in [0.717, 1.165) is 0 Å². The van der Waals surface area contributed by atoms with Gasteiger partial charge >= 0.3 is 5.97 Å². The Kier molecular flexibility index (Phi) is 6.79. The summed E-state index contributed by atoms with van der Waals surface area (Å²) in [6.07, 6.45) is 1.43. The van der Waals surface area contributed by atoms with Crippen LogP contribution in [0.4, 0.5) is 0 Å². The summed E-state index contributed by atoms with van der Waals surface area (Å²) in [5.74, 6) is -0.315. The Balaban J connectivity index is 1.99. The minimum atomic E-state index is -1.13. The Morgan fingerprint density at radius 3 is 2.42 bits per heavy atom. The van der Waals surface area contributed by atoms with Gasteiger partial charge in [0.15, 0.2) is 12.4 Å². The first-order valence-corrected chi connectivity index (χ1v) is 8.01. The Morgan fingerprint density at radius 2 is 1.81 bits per heavy atom. The van der Waals surface area contributed by atoms with Crippen molar-refractivity contribution in [3.63, 3.8) is 0 Å². The topological polar surface area (TPSA) is 82.1 Å². The van der Waals surface area contributed by atoms with Gasteiger partial charge in [-0.15, -0.1) is 0 Å². The zero-order chi connectivity index (χ0) is 18.9. The molecule has 26 heavy (non-hydrogen) atoms. The van der Waals surface area contributed by atoms with Gasteiger partial charge in [0.2, 0.25) is 5.76 Å². The van der Waals surface area contributed by atoms with Crippen LogP contribution in [0.15, 0.2) is 54.3 Å². The first-order valence-electron chi connectivity index (χ1n) is 8.01. The Hall–Kier alpha value is -3.28. The number of methoxy groups -OCH3 is 1. The fourth-order valence-electron chi connectivity index (χ4n) is 2.16. The van der Waals surface area contributed by atoms with Crippen molar-refractivity contribution in [2.45, 2.75) is 6.92 Å². The van der Waals surface area contributed by atoms with E-state index in [1.807, 2.05) is 0 Å². The van der Waals surface area contributed by atoms with Gasteiger partial charge in [0.25, 0.3) is 0 Å². The highest BCUT2D eigenvalue weighted by Gasteiger charge is 2.09. The van der Waals surface area contributed by atoms with Crippen molar-refractivity contribution >= 4 is 17.8 Å². The molecule has 0 unspecified atom stereocenters. The highest BCUT2D eigenvalue weighted by molar-refractivity contribution is 5.97. The Morgan fingerprint density at radius 1 is 1.08 bits per heavy atom. The molecule has 0 saturated heterocycles. The molecule has 136 valence electrons. The molecular formula is C20H20O6. The van der Waals surface area contributed by atoms with Crippen LogP contribution >= 0.6 is 0 Å². The summed E-state index contributed by atoms with van der Waals surface area (Å²) in [6, 6.07) is 13.6. The van der Waals surface area contributed by atoms with E-state index in [2.05, 4.69) is 0 Å². The van der Waals surface area contributed by atoms with E-state index < -0.39 is 5.97 Å². The lowest BCUT2D eigenvalue weighted by Gasteiger charge is -2.07. The van der Waals surface area contributed by atoms with Gasteiger partial charge in [-0.1, -0.05) is 24.3 Å². The van der Waals surface area contributed by atoms with Crippen molar-refractivity contribution in [1.29, 1.82) is 0 Å². The van der Waals surface area contributed by atoms with Crippen LogP contribution in [0.5, 0.6) is 11.5 Å². The molecule has 0 bridgehead atoms. The third kappa shape index (κ3) is 5.37. The molecule has 1 N–H and O–H groups in total. The molecule has 0 amide bonds. The summed E-state index contributed by atoms with van der Waals surface area (Å²) in [4.78, 5) is 23.2. The van der Waals surface area contributed by atoms with E-state index in [9.17, 15) is 9.59 Å². The lowest BCUT2D eigenvalue weighted by molar-refractivity contribution is -0.136. The molecule has 2 aromatic rings. The van der Waals surface area contributed by atoms with E-state index >= 15 is 0 Å². The molecule has 6 nitrogen and oxygen atoms in total. The van der Waals surface area contributed by atoms with E-state index in [0.29, 0.717) is 22.6 Å². The zero-order valence-electron chi connectivity index (χ0n) is 14.6. The lowest BCUT2D eigenvalue weighted by atomic mass is 10.1. The van der Waals surface area contributed by atoms with Crippen LogP contribution in [-0.4, -0.2) is 37.2 Å². The van der Waals surface area contributed by atoms with Crippen LogP contribution in [-0.2, 0) is 9.53 Å². The number of benzene rings is 2. The SMILES string of the molecule is CCO/C(=C\c1ccc(OCC(=O)c2cccc(OC)c2)cc1)C(=O)O. The number of hydrogen-bond donors (Lipinski definition) is 1. The number of hydrogen-bond acceptors (Lipinski definition) is 5. The fourth-order valence-corrected chi connectivity index (χ4v) is 2.16. The van der Waals surface area contributed by atoms with Gasteiger partial charge in [-0.05, 0) is 42.8 Å². The summed E-state index contributed by atoms with van der Waals surface area (Å²) in [6.45, 7) is 1.88. The second kappa shape index (κ2) is 9.27. The third-order valence-corrected chi connectivity index (χ3v) is 3.45. The van der Waals surface area contributed by atoms with Crippen LogP contribution in [0, 0.1) is 0 Å². The molecule has 0 aliphatic heterocycles. The van der Waals surface area contributed by atoms with Gasteiger partial charge in [-0.2, -0.15) is 0 Å². The number of Topliss-reactive ketones (excluding diaryl/α,β-unsaturated/α-hetero) is 1. The van der Waals surface area contributed by atoms with Gasteiger partial charge < -0.3 is 19.3 Å². The van der Waals surface area contributed by atoms with E-state index in [1.165, 1.54) is 13.2 Å². The highest BCUT2D eigenvalue weighted by Crippen LogP contribution is 2.17. The molecule has 2 rings (SSSR count). The van der Waals surface area contributed by atoms with E-state index in [1.54, 1.807) is 55.5 Å². The molecule has 2 aromatic carbocycles. The van der Waals surface area contributed by atoms with Crippen molar-refractivity contribution < 1.29 is 28.9 Å². The third-order valence-electron chi connectivity index (χ3n) is 3.45. The van der Waals surface area contributed by atoms with Crippen molar-refractivity contribution in [3.05, 3.63) is 65.4 Å². The summed E-state index contributed by atoms with van der Waals surface area (Å²) < 4.78 is 15.6. The predicted molar refractivity (Wildman–Crippen MR) is 96.5 cm³/mol. The lowest BCUT2D eigenvalue weighted by Crippen LogP contribution is -2.11. The molecule has 0 spiro atoms. The summed E-state index contributed by atoms with van der Waals surface area (Å²) in [7, 11) is 1.54. The van der Waals surface area contributed by atoms with E-state index in [4.69, 9.17) is 19.3 Å². The quantitative estimate of drug-likeness (QED) is 0.421. The Bertz CT molecular complexity index is 792. The predicted octanol–water partition coefficient (Wildman–Crippen LogP) is 3.42. The average Bonchev–Trinajstić information content (AvgIpc) is 2.66. The van der Waals surface area contributed by atoms with Crippen molar-refractivity contribution in [3.8, 4) is 11.5 Å². The molecular weight excluding hydrogens is 336 g/mol. The molecule has 0 atom stereocenters. The molecule has 0 fully saturated rings. The van der Waals surface area contributed by atoms with Crippen molar-refractivity contribution in [2.75, 3.05) is 20.3 Å². The number of carbonyl (C=O) groups is 2. The maximum absolute atomic E-state index is 12.2. The summed E-state index contributed by atoms with van der Waals surface area (Å²) in [5.41, 5.74) is 1.16. The molecule has 0 saturated carbocycles. The largest absolute Gasteiger partial charge is 0.497 e. The number of carboxylic acids is 1. The van der Waals surface area contributed by atoms with Crippen LogP contribution in [0.3, 0.4) is 0 Å². The maximum Gasteiger partial charge on any atom is 0.371 e. The number of carbonyl (C=O) groups excluding carboxylic acids is 1. The van der Waals surface area contributed by atoms with Gasteiger partial charge in [0, 0.05) is 5.56 Å². The van der Waals surface area contributed by atoms with Crippen molar-refractivity contribution in [1.82, 2.24) is 0 Å². The molecule has 0 radical (unpaired) electrons.